The normalized spacial score (nSPS) is 11.2. The van der Waals surface area contributed by atoms with Crippen molar-refractivity contribution in [3.05, 3.63) is 23.8 Å². The largest absolute Gasteiger partial charge is 0.478 e. The SMILES string of the molecule is CCCCn1nc2cc(C(=O)NCCC(C)C)ccc2c1OCC. The zero-order valence-electron chi connectivity index (χ0n) is 15.3. The number of ether oxygens (including phenoxy) is 1. The molecule has 2 rings (SSSR count). The molecule has 0 saturated carbocycles. The Morgan fingerprint density at radius 1 is 1.33 bits per heavy atom. The van der Waals surface area contributed by atoms with Gasteiger partial charge in [0.05, 0.1) is 17.5 Å². The van der Waals surface area contributed by atoms with Gasteiger partial charge in [-0.25, -0.2) is 4.68 Å². The quantitative estimate of drug-likeness (QED) is 0.755. The first kappa shape index (κ1) is 18.3. The molecule has 0 aliphatic rings. The van der Waals surface area contributed by atoms with Gasteiger partial charge in [0, 0.05) is 18.7 Å². The van der Waals surface area contributed by atoms with Crippen molar-refractivity contribution in [3.63, 3.8) is 0 Å². The van der Waals surface area contributed by atoms with Crippen LogP contribution in [0.3, 0.4) is 0 Å². The molecule has 24 heavy (non-hydrogen) atoms. The summed E-state index contributed by atoms with van der Waals surface area (Å²) in [5.41, 5.74) is 1.46. The van der Waals surface area contributed by atoms with Crippen LogP contribution in [-0.2, 0) is 6.54 Å². The van der Waals surface area contributed by atoms with Gasteiger partial charge in [0.15, 0.2) is 0 Å². The lowest BCUT2D eigenvalue weighted by atomic mass is 10.1. The molecule has 2 aromatic rings. The molecular weight excluding hydrogens is 302 g/mol. The highest BCUT2D eigenvalue weighted by molar-refractivity contribution is 5.98. The molecule has 0 unspecified atom stereocenters. The number of amides is 1. The molecule has 0 saturated heterocycles. The number of nitrogens with zero attached hydrogens (tertiary/aromatic N) is 2. The smallest absolute Gasteiger partial charge is 0.251 e. The van der Waals surface area contributed by atoms with Crippen molar-refractivity contribution in [2.75, 3.05) is 13.2 Å². The van der Waals surface area contributed by atoms with Crippen LogP contribution in [0.15, 0.2) is 18.2 Å². The minimum absolute atomic E-state index is 0.0429. The number of nitrogens with one attached hydrogen (secondary N) is 1. The molecule has 132 valence electrons. The average molecular weight is 331 g/mol. The predicted octanol–water partition coefficient (Wildman–Crippen LogP) is 4.01. The highest BCUT2D eigenvalue weighted by Gasteiger charge is 2.14. The monoisotopic (exact) mass is 331 g/mol. The van der Waals surface area contributed by atoms with E-state index in [-0.39, 0.29) is 5.91 Å². The van der Waals surface area contributed by atoms with E-state index in [0.29, 0.717) is 24.6 Å². The molecule has 0 bridgehead atoms. The Labute approximate surface area is 144 Å². The maximum absolute atomic E-state index is 12.3. The van der Waals surface area contributed by atoms with Crippen LogP contribution in [0.4, 0.5) is 0 Å². The molecule has 5 nitrogen and oxygen atoms in total. The fourth-order valence-electron chi connectivity index (χ4n) is 2.58. The maximum atomic E-state index is 12.3. The number of aromatic nitrogens is 2. The minimum Gasteiger partial charge on any atom is -0.478 e. The lowest BCUT2D eigenvalue weighted by molar-refractivity contribution is 0.0952. The standard InChI is InChI=1S/C19H29N3O2/c1-5-7-12-22-19(24-6-2)16-9-8-15(13-17(16)21-22)18(23)20-11-10-14(3)4/h8-9,13-14H,5-7,10-12H2,1-4H3,(H,20,23). The number of benzene rings is 1. The van der Waals surface area contributed by atoms with E-state index < -0.39 is 0 Å². The van der Waals surface area contributed by atoms with Crippen LogP contribution < -0.4 is 10.1 Å². The van der Waals surface area contributed by atoms with E-state index in [2.05, 4.69) is 31.2 Å². The summed E-state index contributed by atoms with van der Waals surface area (Å²) in [6.07, 6.45) is 3.13. The Morgan fingerprint density at radius 2 is 2.12 bits per heavy atom. The molecule has 0 fully saturated rings. The molecule has 0 aliphatic heterocycles. The average Bonchev–Trinajstić information content (AvgIpc) is 2.89. The number of unbranched alkanes of at least 4 members (excludes halogenated alkanes) is 1. The van der Waals surface area contributed by atoms with Crippen molar-refractivity contribution in [2.45, 2.75) is 53.5 Å². The number of hydrogen-bond acceptors (Lipinski definition) is 3. The van der Waals surface area contributed by atoms with Gasteiger partial charge in [0.25, 0.3) is 5.91 Å². The minimum atomic E-state index is -0.0429. The van der Waals surface area contributed by atoms with E-state index in [1.54, 1.807) is 0 Å². The summed E-state index contributed by atoms with van der Waals surface area (Å²) >= 11 is 0. The summed E-state index contributed by atoms with van der Waals surface area (Å²) in [4.78, 5) is 12.3. The third kappa shape index (κ3) is 4.49. The van der Waals surface area contributed by atoms with Crippen LogP contribution >= 0.6 is 0 Å². The first-order chi connectivity index (χ1) is 11.6. The highest BCUT2D eigenvalue weighted by atomic mass is 16.5. The summed E-state index contributed by atoms with van der Waals surface area (Å²) in [7, 11) is 0. The van der Waals surface area contributed by atoms with Gasteiger partial charge in [0.2, 0.25) is 5.88 Å². The van der Waals surface area contributed by atoms with E-state index in [4.69, 9.17) is 4.74 Å². The molecule has 1 aromatic heterocycles. The van der Waals surface area contributed by atoms with E-state index >= 15 is 0 Å². The molecule has 0 radical (unpaired) electrons. The van der Waals surface area contributed by atoms with Gasteiger partial charge in [-0.3, -0.25) is 4.79 Å². The summed E-state index contributed by atoms with van der Waals surface area (Å²) in [5.74, 6) is 1.34. The fourth-order valence-corrected chi connectivity index (χ4v) is 2.58. The van der Waals surface area contributed by atoms with E-state index in [1.807, 2.05) is 29.8 Å². The molecule has 0 spiro atoms. The van der Waals surface area contributed by atoms with Crippen LogP contribution in [-0.4, -0.2) is 28.8 Å². The second-order valence-corrected chi connectivity index (χ2v) is 6.49. The second kappa shape index (κ2) is 8.71. The Hall–Kier alpha value is -2.04. The molecule has 5 heteroatoms. The molecule has 1 N–H and O–H groups in total. The summed E-state index contributed by atoms with van der Waals surface area (Å²) in [6, 6.07) is 5.64. The second-order valence-electron chi connectivity index (χ2n) is 6.49. The van der Waals surface area contributed by atoms with Gasteiger partial charge in [-0.1, -0.05) is 27.2 Å². The molecule has 1 amide bonds. The fraction of sp³-hybridized carbons (Fsp3) is 0.579. The van der Waals surface area contributed by atoms with Crippen molar-refractivity contribution in [1.29, 1.82) is 0 Å². The Balaban J connectivity index is 2.21. The first-order valence-corrected chi connectivity index (χ1v) is 8.98. The van der Waals surface area contributed by atoms with E-state index in [0.717, 1.165) is 42.6 Å². The van der Waals surface area contributed by atoms with Gasteiger partial charge < -0.3 is 10.1 Å². The van der Waals surface area contributed by atoms with Crippen molar-refractivity contribution >= 4 is 16.8 Å². The Bertz CT molecular complexity index is 677. The number of aryl methyl sites for hydroxylation is 1. The van der Waals surface area contributed by atoms with Crippen LogP contribution in [0.25, 0.3) is 10.9 Å². The van der Waals surface area contributed by atoms with Crippen molar-refractivity contribution in [2.24, 2.45) is 5.92 Å². The maximum Gasteiger partial charge on any atom is 0.251 e. The van der Waals surface area contributed by atoms with Gasteiger partial charge >= 0.3 is 0 Å². The number of carbonyl (C=O) groups excluding carboxylic acids is 1. The van der Waals surface area contributed by atoms with Crippen molar-refractivity contribution in [1.82, 2.24) is 15.1 Å². The Kier molecular flexibility index (Phi) is 6.64. The van der Waals surface area contributed by atoms with Crippen molar-refractivity contribution < 1.29 is 9.53 Å². The number of rotatable bonds is 9. The molecule has 1 aromatic carbocycles. The summed E-state index contributed by atoms with van der Waals surface area (Å²) in [6.45, 7) is 10.6. The number of fused-ring (bicyclic) bond motifs is 1. The van der Waals surface area contributed by atoms with Gasteiger partial charge in [-0.2, -0.15) is 5.10 Å². The summed E-state index contributed by atoms with van der Waals surface area (Å²) in [5, 5.41) is 8.57. The topological polar surface area (TPSA) is 56.2 Å². The lowest BCUT2D eigenvalue weighted by Gasteiger charge is -2.07. The van der Waals surface area contributed by atoms with Crippen LogP contribution in [0.1, 0.15) is 57.3 Å². The highest BCUT2D eigenvalue weighted by Crippen LogP contribution is 2.27. The number of carbonyl (C=O) groups is 1. The lowest BCUT2D eigenvalue weighted by Crippen LogP contribution is -2.25. The van der Waals surface area contributed by atoms with E-state index in [1.165, 1.54) is 0 Å². The molecule has 0 atom stereocenters. The number of hydrogen-bond donors (Lipinski definition) is 1. The van der Waals surface area contributed by atoms with Crippen LogP contribution in [0.2, 0.25) is 0 Å². The molecule has 0 aliphatic carbocycles. The zero-order chi connectivity index (χ0) is 17.5. The van der Waals surface area contributed by atoms with Crippen LogP contribution in [0.5, 0.6) is 5.88 Å². The van der Waals surface area contributed by atoms with Gasteiger partial charge in [-0.15, -0.1) is 0 Å². The predicted molar refractivity (Wildman–Crippen MR) is 97.6 cm³/mol. The third-order valence-electron chi connectivity index (χ3n) is 3.96. The van der Waals surface area contributed by atoms with Gasteiger partial charge in [-0.05, 0) is 43.9 Å². The molecular formula is C19H29N3O2. The van der Waals surface area contributed by atoms with Crippen LogP contribution in [0, 0.1) is 5.92 Å². The van der Waals surface area contributed by atoms with Crippen molar-refractivity contribution in [3.8, 4) is 5.88 Å². The molecule has 1 heterocycles. The zero-order valence-corrected chi connectivity index (χ0v) is 15.3. The summed E-state index contributed by atoms with van der Waals surface area (Å²) < 4.78 is 7.69. The first-order valence-electron chi connectivity index (χ1n) is 8.98. The van der Waals surface area contributed by atoms with E-state index in [9.17, 15) is 4.79 Å². The van der Waals surface area contributed by atoms with Gasteiger partial charge in [0.1, 0.15) is 0 Å². The Morgan fingerprint density at radius 3 is 2.79 bits per heavy atom. The third-order valence-corrected chi connectivity index (χ3v) is 3.96.